The summed E-state index contributed by atoms with van der Waals surface area (Å²) in [5.41, 5.74) is 0.165. The van der Waals surface area contributed by atoms with E-state index in [2.05, 4.69) is 4.98 Å². The van der Waals surface area contributed by atoms with Crippen LogP contribution in [-0.4, -0.2) is 17.6 Å². The maximum Gasteiger partial charge on any atom is 0.266 e. The van der Waals surface area contributed by atoms with Crippen molar-refractivity contribution < 1.29 is 14.3 Å². The van der Waals surface area contributed by atoms with E-state index >= 15 is 0 Å². The molecule has 0 aliphatic carbocycles. The third kappa shape index (κ3) is 3.37. The van der Waals surface area contributed by atoms with Crippen molar-refractivity contribution in [2.75, 3.05) is 6.79 Å². The lowest BCUT2D eigenvalue weighted by Crippen LogP contribution is -2.22. The molecule has 0 saturated heterocycles. The summed E-state index contributed by atoms with van der Waals surface area (Å²) < 4.78 is 11.7. The van der Waals surface area contributed by atoms with E-state index in [0.29, 0.717) is 20.7 Å². The van der Waals surface area contributed by atoms with Gasteiger partial charge in [-0.3, -0.25) is 9.59 Å². The number of rotatable bonds is 2. The van der Waals surface area contributed by atoms with Crippen molar-refractivity contribution in [3.63, 3.8) is 0 Å². The van der Waals surface area contributed by atoms with Gasteiger partial charge < -0.3 is 14.5 Å². The van der Waals surface area contributed by atoms with Crippen molar-refractivity contribution >= 4 is 29.3 Å². The minimum Gasteiger partial charge on any atom is -0.454 e. The molecule has 1 aromatic heterocycles. The Kier molecular flexibility index (Phi) is 3.85. The van der Waals surface area contributed by atoms with E-state index in [0.717, 1.165) is 5.56 Å². The predicted octanol–water partition coefficient (Wildman–Crippen LogP) is 1.39. The molecule has 5 nitrogen and oxygen atoms in total. The van der Waals surface area contributed by atoms with Crippen LogP contribution >= 0.6 is 11.3 Å². The Labute approximate surface area is 136 Å². The van der Waals surface area contributed by atoms with Gasteiger partial charge >= 0.3 is 0 Å². The van der Waals surface area contributed by atoms with E-state index in [1.165, 1.54) is 17.4 Å². The molecule has 0 bridgehead atoms. The summed E-state index contributed by atoms with van der Waals surface area (Å²) in [4.78, 5) is 26.8. The molecule has 3 rings (SSSR count). The molecule has 0 atom stereocenters. The summed E-state index contributed by atoms with van der Waals surface area (Å²) >= 11 is 1.26. The SMILES string of the molecule is CC(C)(C)C(=O)/C=c1/[nH]c(=O)/c(=C/c2ccc3c(c2)OCO3)s1. The number of thiazole rings is 1. The third-order valence-corrected chi connectivity index (χ3v) is 4.34. The average Bonchev–Trinajstić information content (AvgIpc) is 3.04. The highest BCUT2D eigenvalue weighted by Crippen LogP contribution is 2.32. The Morgan fingerprint density at radius 1 is 1.26 bits per heavy atom. The van der Waals surface area contributed by atoms with E-state index in [1.807, 2.05) is 39.0 Å². The van der Waals surface area contributed by atoms with Crippen LogP contribution in [0.5, 0.6) is 11.5 Å². The van der Waals surface area contributed by atoms with Gasteiger partial charge in [-0.1, -0.05) is 26.8 Å². The minimum absolute atomic E-state index is 0.0235. The molecule has 120 valence electrons. The number of H-pyrrole nitrogens is 1. The molecule has 1 aromatic carbocycles. The van der Waals surface area contributed by atoms with Crippen molar-refractivity contribution in [1.82, 2.24) is 4.98 Å². The molecule has 0 saturated carbocycles. The Morgan fingerprint density at radius 3 is 2.74 bits per heavy atom. The van der Waals surface area contributed by atoms with Crippen molar-refractivity contribution in [1.29, 1.82) is 0 Å². The van der Waals surface area contributed by atoms with E-state index in [4.69, 9.17) is 9.47 Å². The predicted molar refractivity (Wildman–Crippen MR) is 89.2 cm³/mol. The van der Waals surface area contributed by atoms with Gasteiger partial charge in [-0.25, -0.2) is 0 Å². The topological polar surface area (TPSA) is 68.4 Å². The molecule has 1 aliphatic rings. The molecule has 6 heteroatoms. The van der Waals surface area contributed by atoms with Gasteiger partial charge in [0, 0.05) is 11.5 Å². The van der Waals surface area contributed by atoms with Crippen LogP contribution in [0.2, 0.25) is 0 Å². The number of carbonyl (C=O) groups excluding carboxylic acids is 1. The highest BCUT2D eigenvalue weighted by Gasteiger charge is 2.18. The molecule has 0 spiro atoms. The lowest BCUT2D eigenvalue weighted by molar-refractivity contribution is -0.119. The molecule has 1 aliphatic heterocycles. The number of hydrogen-bond donors (Lipinski definition) is 1. The van der Waals surface area contributed by atoms with E-state index in [1.54, 1.807) is 6.08 Å². The lowest BCUT2D eigenvalue weighted by atomic mass is 9.91. The first-order chi connectivity index (χ1) is 10.8. The molecule has 2 heterocycles. The van der Waals surface area contributed by atoms with Gasteiger partial charge in [0.15, 0.2) is 17.3 Å². The molecule has 2 aromatic rings. The summed E-state index contributed by atoms with van der Waals surface area (Å²) in [6.45, 7) is 5.75. The monoisotopic (exact) mass is 331 g/mol. The quantitative estimate of drug-likeness (QED) is 0.903. The molecule has 0 amide bonds. The summed E-state index contributed by atoms with van der Waals surface area (Å²) in [6, 6.07) is 5.49. The highest BCUT2D eigenvalue weighted by atomic mass is 32.1. The first-order valence-electron chi connectivity index (χ1n) is 7.19. The van der Waals surface area contributed by atoms with Crippen LogP contribution in [0.15, 0.2) is 23.0 Å². The van der Waals surface area contributed by atoms with Gasteiger partial charge in [-0.05, 0) is 23.8 Å². The van der Waals surface area contributed by atoms with E-state index < -0.39 is 5.41 Å². The zero-order valence-electron chi connectivity index (χ0n) is 13.1. The second kappa shape index (κ2) is 5.70. The maximum atomic E-state index is 12.0. The Balaban J connectivity index is 2.00. The third-order valence-electron chi connectivity index (χ3n) is 3.38. The molecular weight excluding hydrogens is 314 g/mol. The van der Waals surface area contributed by atoms with Crippen LogP contribution < -0.4 is 24.2 Å². The standard InChI is InChI=1S/C17H17NO4S/c1-17(2,3)14(19)8-15-18-16(20)13(23-15)7-10-4-5-11-12(6-10)22-9-21-11/h4-8H,9H2,1-3H3,(H,18,20)/b13-7-,15-8-. The molecule has 0 unspecified atom stereocenters. The number of ketones is 1. The van der Waals surface area contributed by atoms with Gasteiger partial charge in [0.25, 0.3) is 5.56 Å². The second-order valence-corrected chi connectivity index (χ2v) is 7.38. The summed E-state index contributed by atoms with van der Waals surface area (Å²) in [6.07, 6.45) is 3.26. The number of aromatic amines is 1. The fourth-order valence-corrected chi connectivity index (χ4v) is 2.90. The Bertz CT molecular complexity index is 931. The lowest BCUT2D eigenvalue weighted by Gasteiger charge is -2.12. The fourth-order valence-electron chi connectivity index (χ4n) is 2.01. The van der Waals surface area contributed by atoms with Crippen LogP contribution in [0, 0.1) is 5.41 Å². The number of nitrogens with one attached hydrogen (secondary N) is 1. The highest BCUT2D eigenvalue weighted by molar-refractivity contribution is 7.07. The number of carbonyl (C=O) groups is 1. The normalized spacial score (nSPS) is 15.3. The van der Waals surface area contributed by atoms with Crippen molar-refractivity contribution in [2.24, 2.45) is 5.41 Å². The molecular formula is C17H17NO4S. The van der Waals surface area contributed by atoms with Crippen molar-refractivity contribution in [3.8, 4) is 11.5 Å². The summed E-state index contributed by atoms with van der Waals surface area (Å²) in [5.74, 6) is 1.35. The van der Waals surface area contributed by atoms with Crippen LogP contribution in [-0.2, 0) is 4.79 Å². The van der Waals surface area contributed by atoms with Crippen LogP contribution in [0.1, 0.15) is 26.3 Å². The number of ether oxygens (including phenoxy) is 2. The van der Waals surface area contributed by atoms with Gasteiger partial charge in [-0.2, -0.15) is 0 Å². The largest absolute Gasteiger partial charge is 0.454 e. The van der Waals surface area contributed by atoms with Crippen LogP contribution in [0.25, 0.3) is 12.2 Å². The number of aromatic nitrogens is 1. The first-order valence-corrected chi connectivity index (χ1v) is 8.01. The van der Waals surface area contributed by atoms with Crippen molar-refractivity contribution in [2.45, 2.75) is 20.8 Å². The minimum atomic E-state index is -0.470. The summed E-state index contributed by atoms with van der Waals surface area (Å²) in [7, 11) is 0. The van der Waals surface area contributed by atoms with Crippen LogP contribution in [0.3, 0.4) is 0 Å². The van der Waals surface area contributed by atoms with E-state index in [-0.39, 0.29) is 18.1 Å². The zero-order valence-corrected chi connectivity index (χ0v) is 14.0. The molecule has 0 radical (unpaired) electrons. The average molecular weight is 331 g/mol. The second-order valence-electron chi connectivity index (χ2n) is 6.30. The number of Topliss-reactive ketones (excluding diaryl/α,β-unsaturated/α-hetero) is 1. The maximum absolute atomic E-state index is 12.0. The van der Waals surface area contributed by atoms with Gasteiger partial charge in [0.2, 0.25) is 6.79 Å². The number of hydrogen-bond acceptors (Lipinski definition) is 5. The van der Waals surface area contributed by atoms with Crippen LogP contribution in [0.4, 0.5) is 0 Å². The van der Waals surface area contributed by atoms with Gasteiger partial charge in [0.05, 0.1) is 9.20 Å². The molecule has 0 fully saturated rings. The number of fused-ring (bicyclic) bond motifs is 1. The number of benzene rings is 1. The van der Waals surface area contributed by atoms with Gasteiger partial charge in [0.1, 0.15) is 0 Å². The van der Waals surface area contributed by atoms with Gasteiger partial charge in [-0.15, -0.1) is 11.3 Å². The van der Waals surface area contributed by atoms with Crippen molar-refractivity contribution in [3.05, 3.63) is 43.3 Å². The molecule has 1 N–H and O–H groups in total. The zero-order chi connectivity index (χ0) is 16.6. The smallest absolute Gasteiger partial charge is 0.266 e. The molecule has 23 heavy (non-hydrogen) atoms. The van der Waals surface area contributed by atoms with E-state index in [9.17, 15) is 9.59 Å². The first kappa shape index (κ1) is 15.6. The Hall–Kier alpha value is -2.34. The summed E-state index contributed by atoms with van der Waals surface area (Å²) in [5, 5.41) is 0. The Morgan fingerprint density at radius 2 is 2.00 bits per heavy atom. The fraction of sp³-hybridized carbons (Fsp3) is 0.294.